The maximum atomic E-state index is 13.6. The molecule has 372 valence electrons. The van der Waals surface area contributed by atoms with Gasteiger partial charge in [-0.2, -0.15) is 5.26 Å². The van der Waals surface area contributed by atoms with E-state index in [2.05, 4.69) is 26.7 Å². The first-order valence-corrected chi connectivity index (χ1v) is 25.5. The number of likely N-dealkylation sites (tertiary alicyclic amines) is 2. The van der Waals surface area contributed by atoms with Gasteiger partial charge in [-0.1, -0.05) is 66.7 Å². The van der Waals surface area contributed by atoms with E-state index >= 15 is 0 Å². The van der Waals surface area contributed by atoms with Crippen molar-refractivity contribution in [3.05, 3.63) is 67.9 Å². The van der Waals surface area contributed by atoms with Gasteiger partial charge in [-0.3, -0.25) is 33.6 Å². The van der Waals surface area contributed by atoms with Crippen molar-refractivity contribution >= 4 is 109 Å². The van der Waals surface area contributed by atoms with Crippen molar-refractivity contribution in [2.24, 2.45) is 41.2 Å². The van der Waals surface area contributed by atoms with E-state index in [4.69, 9.17) is 52.1 Å². The fraction of sp³-hybridized carbons (Fsp3) is 0.529. The van der Waals surface area contributed by atoms with Crippen LogP contribution in [-0.2, 0) is 24.0 Å². The number of rotatable bonds is 11. The zero-order chi connectivity index (χ0) is 48.8. The normalized spacial score (nSPS) is 26.6. The number of carbonyl (C=O) groups is 7. The lowest BCUT2D eigenvalue weighted by Gasteiger charge is -2.28. The lowest BCUT2D eigenvalue weighted by molar-refractivity contribution is -0.131. The number of benzene rings is 2. The van der Waals surface area contributed by atoms with Crippen LogP contribution in [-0.4, -0.2) is 98.1 Å². The fourth-order valence-electron chi connectivity index (χ4n) is 12.3. The molecule has 6 fully saturated rings. The van der Waals surface area contributed by atoms with Gasteiger partial charge < -0.3 is 36.1 Å². The molecule has 0 bridgehead atoms. The van der Waals surface area contributed by atoms with E-state index in [0.29, 0.717) is 92.1 Å². The van der Waals surface area contributed by atoms with Crippen molar-refractivity contribution in [1.82, 2.24) is 30.4 Å². The van der Waals surface area contributed by atoms with Crippen molar-refractivity contribution in [2.45, 2.75) is 121 Å². The highest BCUT2D eigenvalue weighted by atomic mass is 35.5. The molecule has 2 aliphatic heterocycles. The van der Waals surface area contributed by atoms with Gasteiger partial charge in [-0.25, -0.2) is 0 Å². The zero-order valence-electron chi connectivity index (χ0n) is 37.8. The summed E-state index contributed by atoms with van der Waals surface area (Å²) in [6.07, 6.45) is 10.3. The Balaban J connectivity index is 0.000000186. The Morgan fingerprint density at radius 1 is 0.657 bits per heavy atom. The lowest BCUT2D eigenvalue weighted by atomic mass is 9.92. The minimum absolute atomic E-state index is 0. The number of carbonyl (C=O) groups excluding carboxylic acids is 7. The quantitative estimate of drug-likeness (QED) is 0.0974. The van der Waals surface area contributed by atoms with Crippen LogP contribution < -0.4 is 16.4 Å². The maximum Gasteiger partial charge on any atom is 0.271 e. The number of hydrogen-bond acceptors (Lipinski definition) is 8. The van der Waals surface area contributed by atoms with Crippen molar-refractivity contribution in [3.63, 3.8) is 0 Å². The molecule has 0 spiro atoms. The number of aromatic nitrogens is 2. The second-order valence-electron chi connectivity index (χ2n) is 19.8. The summed E-state index contributed by atoms with van der Waals surface area (Å²) in [6.45, 7) is 0.956. The molecule has 2 aromatic heterocycles. The molecule has 0 radical (unpaired) electrons. The van der Waals surface area contributed by atoms with Gasteiger partial charge in [0.15, 0.2) is 0 Å². The third kappa shape index (κ3) is 10.0. The van der Waals surface area contributed by atoms with Crippen LogP contribution in [0.25, 0.3) is 21.8 Å². The van der Waals surface area contributed by atoms with Gasteiger partial charge in [-0.05, 0) is 124 Å². The van der Waals surface area contributed by atoms with Crippen molar-refractivity contribution in [1.29, 1.82) is 5.26 Å². The maximum absolute atomic E-state index is 13.6. The number of halogens is 4. The second-order valence-corrected chi connectivity index (χ2v) is 21.4. The summed E-state index contributed by atoms with van der Waals surface area (Å²) in [5, 5.41) is 18.4. The molecule has 4 saturated carbocycles. The van der Waals surface area contributed by atoms with E-state index < -0.39 is 36.0 Å². The predicted molar refractivity (Wildman–Crippen MR) is 267 cm³/mol. The molecule has 6 aliphatic rings. The Kier molecular flexibility index (Phi) is 15.6. The molecule has 0 unspecified atom stereocenters. The van der Waals surface area contributed by atoms with Crippen LogP contribution in [0.2, 0.25) is 20.1 Å². The first kappa shape index (κ1) is 51.2. The van der Waals surface area contributed by atoms with Gasteiger partial charge in [0.05, 0.1) is 37.2 Å². The summed E-state index contributed by atoms with van der Waals surface area (Å²) >= 11 is 25.2. The molecule has 19 heteroatoms. The molecule has 2 aromatic carbocycles. The molecule has 70 heavy (non-hydrogen) atoms. The molecule has 10 atom stereocenters. The number of primary amides is 1. The SMILES string of the molecule is C.N#C[C@H](C[C@@H]1CCCC1=O)NC(=O)[C@@H]1[C@H]2CCC[C@H]2CN1C(=O)c1cc2c(Cl)ccc(Cl)c2[nH]1.NC(=O)[C@H](C[C@@H]1CCCC1=O)NC(=O)[C@@H]1[C@H]2CCC[C@H]2CN1C(=O)c1cc2c(Cl)ccc(Cl)c2[nH]1. The summed E-state index contributed by atoms with van der Waals surface area (Å²) in [6, 6.07) is 9.11. The van der Waals surface area contributed by atoms with Crippen LogP contribution in [0.3, 0.4) is 0 Å². The number of nitrogens with zero attached hydrogens (tertiary/aromatic N) is 3. The average Bonchev–Trinajstić information content (AvgIpc) is 4.18. The Hall–Kier alpha value is -5.14. The molecule has 6 N–H and O–H groups in total. The third-order valence-electron chi connectivity index (χ3n) is 15.7. The fourth-order valence-corrected chi connectivity index (χ4v) is 13.1. The summed E-state index contributed by atoms with van der Waals surface area (Å²) in [5.41, 5.74) is 7.38. The number of H-pyrrole nitrogens is 2. The Bertz CT molecular complexity index is 2710. The molecule has 15 nitrogen and oxygen atoms in total. The van der Waals surface area contributed by atoms with Gasteiger partial charge >= 0.3 is 0 Å². The second kappa shape index (κ2) is 21.3. The molecule has 4 heterocycles. The van der Waals surface area contributed by atoms with E-state index in [9.17, 15) is 38.8 Å². The minimum atomic E-state index is -0.947. The van der Waals surface area contributed by atoms with Crippen LogP contribution in [0.1, 0.15) is 118 Å². The number of hydrogen-bond donors (Lipinski definition) is 5. The number of nitrogens with two attached hydrogens (primary N) is 1. The van der Waals surface area contributed by atoms with Crippen molar-refractivity contribution in [2.75, 3.05) is 13.1 Å². The number of fused-ring (bicyclic) bond motifs is 4. The van der Waals surface area contributed by atoms with Crippen molar-refractivity contribution in [3.8, 4) is 6.07 Å². The standard InChI is InChI=1S/C25H28Cl2N4O4.C25H26Cl2N4O3.CH4/c26-16-7-8-17(27)21-15(16)10-19(29-21)25(35)31-11-13-4-1-5-14(13)22(31)24(34)30-18(23(28)33)9-12-3-2-6-20(12)32;26-18-7-8-19(27)22-17(18)10-20(30-22)25(34)31-12-14-4-1-5-16(14)23(31)24(33)29-15(11-28)9-13-3-2-6-21(13)32;/h7-8,10,12-14,18,22,29H,1-6,9,11H2,(H2,28,33)(H,30,34);7-8,10,13-16,23,30H,1-6,9,12H2,(H,29,33);1H4/t12-,13-,14-,18-,22-;13-,14-,15-,16-,23-;/m00./s1. The van der Waals surface area contributed by atoms with E-state index in [0.717, 1.165) is 57.8 Å². The van der Waals surface area contributed by atoms with Gasteiger partial charge in [0.2, 0.25) is 17.7 Å². The first-order chi connectivity index (χ1) is 33.1. The van der Waals surface area contributed by atoms with Crippen LogP contribution in [0.15, 0.2) is 36.4 Å². The Morgan fingerprint density at radius 2 is 1.10 bits per heavy atom. The zero-order valence-corrected chi connectivity index (χ0v) is 40.9. The monoisotopic (exact) mass is 1030 g/mol. The van der Waals surface area contributed by atoms with Crippen LogP contribution in [0.5, 0.6) is 0 Å². The number of nitriles is 1. The van der Waals surface area contributed by atoms with E-state index in [1.807, 2.05) is 0 Å². The highest BCUT2D eigenvalue weighted by Crippen LogP contribution is 2.45. The molecule has 2 saturated heterocycles. The summed E-state index contributed by atoms with van der Waals surface area (Å²) in [5.74, 6) is -1.59. The van der Waals surface area contributed by atoms with E-state index in [1.54, 1.807) is 46.2 Å². The largest absolute Gasteiger partial charge is 0.368 e. The highest BCUT2D eigenvalue weighted by Gasteiger charge is 2.52. The highest BCUT2D eigenvalue weighted by molar-refractivity contribution is 6.41. The summed E-state index contributed by atoms with van der Waals surface area (Å²) in [7, 11) is 0. The van der Waals surface area contributed by atoms with Crippen LogP contribution in [0, 0.1) is 46.8 Å². The molecular weight excluding hydrogens is 978 g/mol. The van der Waals surface area contributed by atoms with E-state index in [-0.39, 0.29) is 78.6 Å². The smallest absolute Gasteiger partial charge is 0.271 e. The number of nitrogens with one attached hydrogen (secondary N) is 4. The Labute approximate surface area is 426 Å². The van der Waals surface area contributed by atoms with Crippen LogP contribution in [0.4, 0.5) is 0 Å². The van der Waals surface area contributed by atoms with Crippen molar-refractivity contribution < 1.29 is 33.6 Å². The lowest BCUT2D eigenvalue weighted by Crippen LogP contribution is -2.54. The number of Topliss-reactive ketones (excluding diaryl/α,β-unsaturated/α-hetero) is 2. The van der Waals surface area contributed by atoms with Gasteiger partial charge in [0, 0.05) is 48.5 Å². The Morgan fingerprint density at radius 3 is 1.51 bits per heavy atom. The molecule has 4 aliphatic carbocycles. The molecule has 5 amide bonds. The first-order valence-electron chi connectivity index (χ1n) is 24.0. The number of amides is 5. The van der Waals surface area contributed by atoms with Gasteiger partial charge in [0.25, 0.3) is 11.8 Å². The molecular formula is C51H58Cl4N8O7. The van der Waals surface area contributed by atoms with Crippen LogP contribution >= 0.6 is 46.4 Å². The summed E-state index contributed by atoms with van der Waals surface area (Å²) in [4.78, 5) is 99.9. The van der Waals surface area contributed by atoms with E-state index in [1.165, 1.54) is 0 Å². The average molecular weight is 1040 g/mol. The topological polar surface area (TPSA) is 231 Å². The molecule has 10 rings (SSSR count). The predicted octanol–water partition coefficient (Wildman–Crippen LogP) is 8.56. The third-order valence-corrected chi connectivity index (χ3v) is 17.0. The molecule has 4 aromatic rings. The number of aromatic amines is 2. The number of ketones is 2. The summed E-state index contributed by atoms with van der Waals surface area (Å²) < 4.78 is 0. The minimum Gasteiger partial charge on any atom is -0.368 e. The van der Waals surface area contributed by atoms with Gasteiger partial charge in [-0.15, -0.1) is 0 Å². The van der Waals surface area contributed by atoms with Gasteiger partial charge in [0.1, 0.15) is 47.1 Å².